The van der Waals surface area contributed by atoms with Crippen LogP contribution in [0.15, 0.2) is 30.5 Å². The van der Waals surface area contributed by atoms with Gasteiger partial charge in [-0.2, -0.15) is 4.98 Å². The molecule has 0 aliphatic heterocycles. The molecule has 1 heterocycles. The molecule has 2 aromatic rings. The van der Waals surface area contributed by atoms with Crippen molar-refractivity contribution >= 4 is 40.9 Å². The summed E-state index contributed by atoms with van der Waals surface area (Å²) in [6.45, 7) is 0.0701. The highest BCUT2D eigenvalue weighted by Gasteiger charge is 2.51. The number of halogens is 2. The molecule has 8 nitrogen and oxygen atoms in total. The second kappa shape index (κ2) is 9.13. The highest BCUT2D eigenvalue weighted by atomic mass is 35.5. The summed E-state index contributed by atoms with van der Waals surface area (Å²) in [5.41, 5.74) is -0.131. The number of rotatable bonds is 9. The van der Waals surface area contributed by atoms with E-state index in [2.05, 4.69) is 20.6 Å². The monoisotopic (exact) mass is 439 g/mol. The van der Waals surface area contributed by atoms with Crippen LogP contribution < -0.4 is 15.5 Å². The maximum absolute atomic E-state index is 12.9. The highest BCUT2D eigenvalue weighted by Crippen LogP contribution is 2.41. The number of likely N-dealkylation sites (N-methyl/N-ethyl adjacent to an activating group) is 1. The van der Waals surface area contributed by atoms with Gasteiger partial charge in [-0.25, -0.2) is 4.98 Å². The van der Waals surface area contributed by atoms with E-state index in [1.54, 1.807) is 36.2 Å². The standard InChI is InChI=1S/C19H23Cl2N5O3/c1-26(7-8-27)18-22-10-14(21)16(24-18)25-19(5-6-19)17(29)23-15(11-28)12-3-2-4-13(20)9-12/h2-4,9-10,15,27-28H,5-8,11H2,1H3,(H,23,29)(H,22,24,25). The molecule has 29 heavy (non-hydrogen) atoms. The predicted molar refractivity (Wildman–Crippen MR) is 112 cm³/mol. The van der Waals surface area contributed by atoms with Gasteiger partial charge in [0.15, 0.2) is 5.82 Å². The van der Waals surface area contributed by atoms with E-state index in [9.17, 15) is 9.90 Å². The van der Waals surface area contributed by atoms with E-state index in [4.69, 9.17) is 28.3 Å². The molecule has 1 aliphatic rings. The molecule has 1 aromatic heterocycles. The summed E-state index contributed by atoms with van der Waals surface area (Å²) in [5.74, 6) is 0.475. The first kappa shape index (κ1) is 21.6. The van der Waals surface area contributed by atoms with Gasteiger partial charge < -0.3 is 25.7 Å². The van der Waals surface area contributed by atoms with Crippen LogP contribution in [0.25, 0.3) is 0 Å². The van der Waals surface area contributed by atoms with Crippen LogP contribution in [0.1, 0.15) is 24.4 Å². The van der Waals surface area contributed by atoms with Crippen molar-refractivity contribution in [2.75, 3.05) is 37.0 Å². The van der Waals surface area contributed by atoms with Gasteiger partial charge in [-0.05, 0) is 30.5 Å². The number of aromatic nitrogens is 2. The quantitative estimate of drug-likeness (QED) is 0.472. The fraction of sp³-hybridized carbons (Fsp3) is 0.421. The normalized spacial score (nSPS) is 15.5. The van der Waals surface area contributed by atoms with Crippen molar-refractivity contribution in [3.63, 3.8) is 0 Å². The van der Waals surface area contributed by atoms with Gasteiger partial charge in [0.05, 0.1) is 25.5 Å². The Balaban J connectivity index is 1.74. The first-order valence-electron chi connectivity index (χ1n) is 9.18. The molecule has 1 saturated carbocycles. The summed E-state index contributed by atoms with van der Waals surface area (Å²) in [5, 5.41) is 25.7. The van der Waals surface area contributed by atoms with Crippen LogP contribution >= 0.6 is 23.2 Å². The Hall–Kier alpha value is -2.13. The Morgan fingerprint density at radius 3 is 2.72 bits per heavy atom. The first-order chi connectivity index (χ1) is 13.9. The van der Waals surface area contributed by atoms with E-state index in [0.717, 1.165) is 5.56 Å². The third kappa shape index (κ3) is 5.08. The molecule has 1 aromatic carbocycles. The summed E-state index contributed by atoms with van der Waals surface area (Å²) >= 11 is 12.2. The fourth-order valence-electron chi connectivity index (χ4n) is 2.89. The Morgan fingerprint density at radius 1 is 1.34 bits per heavy atom. The predicted octanol–water partition coefficient (Wildman–Crippen LogP) is 2.01. The number of benzene rings is 1. The van der Waals surface area contributed by atoms with Gasteiger partial charge in [0, 0.05) is 18.6 Å². The fourth-order valence-corrected chi connectivity index (χ4v) is 3.23. The largest absolute Gasteiger partial charge is 0.395 e. The number of carbonyl (C=O) groups is 1. The van der Waals surface area contributed by atoms with E-state index >= 15 is 0 Å². The molecule has 0 radical (unpaired) electrons. The van der Waals surface area contributed by atoms with Gasteiger partial charge >= 0.3 is 0 Å². The van der Waals surface area contributed by atoms with E-state index in [-0.39, 0.29) is 19.1 Å². The molecule has 0 spiro atoms. The summed E-state index contributed by atoms with van der Waals surface area (Å²) in [7, 11) is 1.75. The molecule has 0 saturated heterocycles. The maximum atomic E-state index is 12.9. The molecule has 3 rings (SSSR count). The minimum atomic E-state index is -0.850. The van der Waals surface area contributed by atoms with E-state index in [0.29, 0.717) is 41.2 Å². The SMILES string of the molecule is CN(CCO)c1ncc(Cl)c(NC2(C(=O)NC(CO)c3cccc(Cl)c3)CC2)n1. The van der Waals surface area contributed by atoms with Gasteiger partial charge in [-0.1, -0.05) is 35.3 Å². The zero-order chi connectivity index (χ0) is 21.0. The summed E-state index contributed by atoms with van der Waals surface area (Å²) < 4.78 is 0. The molecular formula is C19H23Cl2N5O3. The van der Waals surface area contributed by atoms with Crippen LogP contribution in [0.3, 0.4) is 0 Å². The lowest BCUT2D eigenvalue weighted by Gasteiger charge is -2.24. The van der Waals surface area contributed by atoms with Gasteiger partial charge in [0.2, 0.25) is 11.9 Å². The van der Waals surface area contributed by atoms with Crippen LogP contribution in [-0.4, -0.2) is 58.4 Å². The Labute approximate surface area is 178 Å². The number of aliphatic hydroxyl groups excluding tert-OH is 2. The second-order valence-electron chi connectivity index (χ2n) is 6.98. The number of anilines is 2. The lowest BCUT2D eigenvalue weighted by atomic mass is 10.1. The lowest BCUT2D eigenvalue weighted by Crippen LogP contribution is -2.44. The van der Waals surface area contributed by atoms with Gasteiger partial charge in [-0.15, -0.1) is 0 Å². The third-order valence-corrected chi connectivity index (χ3v) is 5.30. The molecule has 156 valence electrons. The number of aliphatic hydroxyl groups is 2. The molecule has 1 atom stereocenters. The van der Waals surface area contributed by atoms with E-state index in [1.165, 1.54) is 6.20 Å². The van der Waals surface area contributed by atoms with Crippen molar-refractivity contribution in [1.82, 2.24) is 15.3 Å². The number of amides is 1. The van der Waals surface area contributed by atoms with Crippen molar-refractivity contribution in [2.24, 2.45) is 0 Å². The molecule has 1 amide bonds. The zero-order valence-electron chi connectivity index (χ0n) is 15.9. The van der Waals surface area contributed by atoms with Crippen LogP contribution in [-0.2, 0) is 4.79 Å². The molecular weight excluding hydrogens is 417 g/mol. The molecule has 0 bridgehead atoms. The van der Waals surface area contributed by atoms with E-state index < -0.39 is 11.6 Å². The van der Waals surface area contributed by atoms with Crippen molar-refractivity contribution in [3.8, 4) is 0 Å². The van der Waals surface area contributed by atoms with Crippen LogP contribution in [0.4, 0.5) is 11.8 Å². The lowest BCUT2D eigenvalue weighted by molar-refractivity contribution is -0.123. The summed E-state index contributed by atoms with van der Waals surface area (Å²) in [6, 6.07) is 6.43. The highest BCUT2D eigenvalue weighted by molar-refractivity contribution is 6.33. The Morgan fingerprint density at radius 2 is 2.10 bits per heavy atom. The number of hydrogen-bond donors (Lipinski definition) is 4. The van der Waals surface area contributed by atoms with Crippen molar-refractivity contribution in [3.05, 3.63) is 46.1 Å². The molecule has 1 aliphatic carbocycles. The smallest absolute Gasteiger partial charge is 0.246 e. The summed E-state index contributed by atoms with van der Waals surface area (Å²) in [6.07, 6.45) is 2.67. The van der Waals surface area contributed by atoms with Crippen molar-refractivity contribution < 1.29 is 15.0 Å². The van der Waals surface area contributed by atoms with Gasteiger partial charge in [0.1, 0.15) is 10.6 Å². The minimum absolute atomic E-state index is 0.0381. The second-order valence-corrected chi connectivity index (χ2v) is 7.83. The minimum Gasteiger partial charge on any atom is -0.395 e. The van der Waals surface area contributed by atoms with Crippen LogP contribution in [0.2, 0.25) is 10.0 Å². The number of nitrogens with zero attached hydrogens (tertiary/aromatic N) is 3. The number of nitrogens with one attached hydrogen (secondary N) is 2. The topological polar surface area (TPSA) is 111 Å². The van der Waals surface area contributed by atoms with Crippen molar-refractivity contribution in [1.29, 1.82) is 0 Å². The molecule has 1 fully saturated rings. The van der Waals surface area contributed by atoms with Gasteiger partial charge in [0.25, 0.3) is 0 Å². The third-order valence-electron chi connectivity index (χ3n) is 4.79. The zero-order valence-corrected chi connectivity index (χ0v) is 17.4. The Kier molecular flexibility index (Phi) is 6.79. The summed E-state index contributed by atoms with van der Waals surface area (Å²) in [4.78, 5) is 23.2. The molecule has 4 N–H and O–H groups in total. The number of carbonyl (C=O) groups excluding carboxylic acids is 1. The average molecular weight is 440 g/mol. The van der Waals surface area contributed by atoms with Crippen LogP contribution in [0.5, 0.6) is 0 Å². The average Bonchev–Trinajstić information content (AvgIpc) is 3.48. The van der Waals surface area contributed by atoms with Gasteiger partial charge in [-0.3, -0.25) is 4.79 Å². The number of hydrogen-bond acceptors (Lipinski definition) is 7. The molecule has 10 heteroatoms. The van der Waals surface area contributed by atoms with Crippen LogP contribution in [0, 0.1) is 0 Å². The first-order valence-corrected chi connectivity index (χ1v) is 9.94. The Bertz CT molecular complexity index is 879. The molecule has 1 unspecified atom stereocenters. The van der Waals surface area contributed by atoms with Crippen molar-refractivity contribution in [2.45, 2.75) is 24.4 Å². The maximum Gasteiger partial charge on any atom is 0.246 e. The van der Waals surface area contributed by atoms with E-state index in [1.807, 2.05) is 0 Å².